The summed E-state index contributed by atoms with van der Waals surface area (Å²) >= 11 is 5.93. The third-order valence-corrected chi connectivity index (χ3v) is 2.75. The van der Waals surface area contributed by atoms with Crippen molar-refractivity contribution >= 4 is 17.5 Å². The third-order valence-electron chi connectivity index (χ3n) is 2.52. The van der Waals surface area contributed by atoms with E-state index in [0.717, 1.165) is 19.5 Å². The van der Waals surface area contributed by atoms with E-state index in [0.29, 0.717) is 10.6 Å². The first-order valence-corrected chi connectivity index (χ1v) is 6.76. The molecule has 0 aliphatic heterocycles. The van der Waals surface area contributed by atoms with Crippen LogP contribution in [0, 0.1) is 5.41 Å². The Kier molecular flexibility index (Phi) is 5.21. The van der Waals surface area contributed by atoms with E-state index in [4.69, 9.17) is 11.6 Å². The highest BCUT2D eigenvalue weighted by Crippen LogP contribution is 2.19. The van der Waals surface area contributed by atoms with E-state index in [1.807, 2.05) is 17.0 Å². The minimum Gasteiger partial charge on any atom is -0.338 e. The molecule has 0 aromatic heterocycles. The van der Waals surface area contributed by atoms with E-state index in [9.17, 15) is 4.79 Å². The van der Waals surface area contributed by atoms with E-state index in [1.54, 1.807) is 12.1 Å². The van der Waals surface area contributed by atoms with Gasteiger partial charge in [0.2, 0.25) is 0 Å². The fraction of sp³-hybridized carbons (Fsp3) is 0.533. The van der Waals surface area contributed by atoms with Gasteiger partial charge < -0.3 is 4.90 Å². The molecule has 0 aliphatic carbocycles. The average molecular weight is 268 g/mol. The van der Waals surface area contributed by atoms with E-state index in [-0.39, 0.29) is 11.3 Å². The molecule has 0 aliphatic rings. The molecule has 0 N–H and O–H groups in total. The van der Waals surface area contributed by atoms with Crippen molar-refractivity contribution in [3.63, 3.8) is 0 Å². The summed E-state index contributed by atoms with van der Waals surface area (Å²) in [6.07, 6.45) is 0.961. The number of carbonyl (C=O) groups excluding carboxylic acids is 1. The fourth-order valence-corrected chi connectivity index (χ4v) is 2.09. The largest absolute Gasteiger partial charge is 0.338 e. The predicted molar refractivity (Wildman–Crippen MR) is 77.1 cm³/mol. The van der Waals surface area contributed by atoms with Crippen LogP contribution in [0.15, 0.2) is 24.3 Å². The van der Waals surface area contributed by atoms with Crippen molar-refractivity contribution < 1.29 is 4.79 Å². The predicted octanol–water partition coefficient (Wildman–Crippen LogP) is 4.24. The number of halogens is 1. The van der Waals surface area contributed by atoms with Crippen LogP contribution in [0.2, 0.25) is 5.02 Å². The molecule has 0 unspecified atom stereocenters. The molecular weight excluding hydrogens is 246 g/mol. The van der Waals surface area contributed by atoms with Crippen LogP contribution in [0.5, 0.6) is 0 Å². The van der Waals surface area contributed by atoms with E-state index >= 15 is 0 Å². The lowest BCUT2D eigenvalue weighted by atomic mass is 9.95. The van der Waals surface area contributed by atoms with Crippen molar-refractivity contribution in [3.8, 4) is 0 Å². The first kappa shape index (κ1) is 15.0. The second-order valence-electron chi connectivity index (χ2n) is 5.80. The zero-order valence-electron chi connectivity index (χ0n) is 11.7. The molecule has 100 valence electrons. The molecule has 0 spiro atoms. The number of rotatable bonds is 4. The van der Waals surface area contributed by atoms with Gasteiger partial charge in [-0.3, -0.25) is 4.79 Å². The van der Waals surface area contributed by atoms with Gasteiger partial charge in [-0.2, -0.15) is 0 Å². The van der Waals surface area contributed by atoms with Gasteiger partial charge >= 0.3 is 0 Å². The van der Waals surface area contributed by atoms with Gasteiger partial charge in [0, 0.05) is 23.7 Å². The zero-order valence-corrected chi connectivity index (χ0v) is 12.4. The topological polar surface area (TPSA) is 20.3 Å². The molecule has 3 heteroatoms. The Bertz CT molecular complexity index is 409. The van der Waals surface area contributed by atoms with Gasteiger partial charge in [-0.25, -0.2) is 0 Å². The highest BCUT2D eigenvalue weighted by atomic mass is 35.5. The third kappa shape index (κ3) is 4.69. The second-order valence-corrected chi connectivity index (χ2v) is 6.23. The molecule has 0 atom stereocenters. The molecule has 1 aromatic rings. The number of nitrogens with zero attached hydrogens (tertiary/aromatic N) is 1. The number of hydrogen-bond donors (Lipinski definition) is 0. The summed E-state index contributed by atoms with van der Waals surface area (Å²) in [6.45, 7) is 10.0. The Morgan fingerprint density at radius 3 is 2.50 bits per heavy atom. The van der Waals surface area contributed by atoms with Crippen LogP contribution >= 0.6 is 11.6 Å². The number of benzene rings is 1. The minimum absolute atomic E-state index is 0.0641. The van der Waals surface area contributed by atoms with Crippen LogP contribution in [-0.4, -0.2) is 23.9 Å². The maximum atomic E-state index is 12.4. The van der Waals surface area contributed by atoms with Gasteiger partial charge in [-0.15, -0.1) is 0 Å². The highest BCUT2D eigenvalue weighted by molar-refractivity contribution is 6.30. The van der Waals surface area contributed by atoms with Gasteiger partial charge in [0.15, 0.2) is 0 Å². The number of carbonyl (C=O) groups is 1. The fourth-order valence-electron chi connectivity index (χ4n) is 1.90. The first-order chi connectivity index (χ1) is 8.33. The Balaban J connectivity index is 2.89. The van der Waals surface area contributed by atoms with Crippen LogP contribution in [-0.2, 0) is 0 Å². The van der Waals surface area contributed by atoms with Gasteiger partial charge in [0.1, 0.15) is 0 Å². The van der Waals surface area contributed by atoms with Gasteiger partial charge in [0.05, 0.1) is 0 Å². The monoisotopic (exact) mass is 267 g/mol. The lowest BCUT2D eigenvalue weighted by Crippen LogP contribution is -2.38. The van der Waals surface area contributed by atoms with Crippen LogP contribution in [0.3, 0.4) is 0 Å². The van der Waals surface area contributed by atoms with Crippen molar-refractivity contribution in [2.75, 3.05) is 13.1 Å². The van der Waals surface area contributed by atoms with Gasteiger partial charge in [0.25, 0.3) is 5.91 Å². The molecule has 0 heterocycles. The van der Waals surface area contributed by atoms with Gasteiger partial charge in [-0.1, -0.05) is 45.4 Å². The van der Waals surface area contributed by atoms with Crippen LogP contribution in [0.1, 0.15) is 44.5 Å². The van der Waals surface area contributed by atoms with Crippen LogP contribution < -0.4 is 0 Å². The summed E-state index contributed by atoms with van der Waals surface area (Å²) < 4.78 is 0. The van der Waals surface area contributed by atoms with E-state index in [1.165, 1.54) is 0 Å². The summed E-state index contributed by atoms with van der Waals surface area (Å²) in [5, 5.41) is 0.605. The summed E-state index contributed by atoms with van der Waals surface area (Å²) in [6, 6.07) is 7.15. The van der Waals surface area contributed by atoms with Crippen LogP contribution in [0.4, 0.5) is 0 Å². The highest BCUT2D eigenvalue weighted by Gasteiger charge is 2.21. The Hall–Kier alpha value is -1.02. The quantitative estimate of drug-likeness (QED) is 0.799. The molecule has 2 nitrogen and oxygen atoms in total. The molecule has 1 aromatic carbocycles. The molecule has 1 rings (SSSR count). The molecule has 0 bridgehead atoms. The summed E-state index contributed by atoms with van der Waals surface area (Å²) in [5.74, 6) is 0.0641. The lowest BCUT2D eigenvalue weighted by molar-refractivity contribution is 0.0695. The van der Waals surface area contributed by atoms with Gasteiger partial charge in [-0.05, 0) is 30.0 Å². The Morgan fingerprint density at radius 2 is 2.00 bits per heavy atom. The Morgan fingerprint density at radius 1 is 1.33 bits per heavy atom. The molecule has 1 amide bonds. The molecule has 0 saturated carbocycles. The first-order valence-electron chi connectivity index (χ1n) is 6.38. The molecule has 0 saturated heterocycles. The summed E-state index contributed by atoms with van der Waals surface area (Å²) in [4.78, 5) is 14.3. The average Bonchev–Trinajstić information content (AvgIpc) is 2.26. The normalized spacial score (nSPS) is 11.4. The molecule has 0 fully saturated rings. The summed E-state index contributed by atoms with van der Waals surface area (Å²) in [7, 11) is 0. The van der Waals surface area contributed by atoms with E-state index < -0.39 is 0 Å². The minimum atomic E-state index is 0.0641. The van der Waals surface area contributed by atoms with Crippen molar-refractivity contribution in [1.82, 2.24) is 4.90 Å². The molecule has 18 heavy (non-hydrogen) atoms. The Labute approximate surface area is 115 Å². The summed E-state index contributed by atoms with van der Waals surface area (Å²) in [5.41, 5.74) is 0.767. The van der Waals surface area contributed by atoms with Crippen molar-refractivity contribution in [3.05, 3.63) is 34.9 Å². The molecular formula is C15H22ClNO. The zero-order chi connectivity index (χ0) is 13.8. The number of hydrogen-bond acceptors (Lipinski definition) is 1. The molecule has 0 radical (unpaired) electrons. The number of amides is 1. The smallest absolute Gasteiger partial charge is 0.253 e. The van der Waals surface area contributed by atoms with Crippen molar-refractivity contribution in [2.45, 2.75) is 34.1 Å². The van der Waals surface area contributed by atoms with E-state index in [2.05, 4.69) is 27.7 Å². The second kappa shape index (κ2) is 6.24. The standard InChI is InChI=1S/C15H22ClNO/c1-5-9-17(11-15(2,3)4)14(18)12-7-6-8-13(16)10-12/h6-8,10H,5,9,11H2,1-4H3. The lowest BCUT2D eigenvalue weighted by Gasteiger charge is -2.30. The SMILES string of the molecule is CCCN(CC(C)(C)C)C(=O)c1cccc(Cl)c1. The van der Waals surface area contributed by atoms with Crippen molar-refractivity contribution in [1.29, 1.82) is 0 Å². The maximum absolute atomic E-state index is 12.4. The maximum Gasteiger partial charge on any atom is 0.253 e. The van der Waals surface area contributed by atoms with Crippen molar-refractivity contribution in [2.24, 2.45) is 5.41 Å². The van der Waals surface area contributed by atoms with Crippen LogP contribution in [0.25, 0.3) is 0 Å².